The Hall–Kier alpha value is -0.850. The lowest BCUT2D eigenvalue weighted by molar-refractivity contribution is -0.173. The standard InChI is InChI=1S/C8H15ClN2O4/c1-5(4-9)14-7(12)8(13)15-6(11)2-3-10/h5-6H,2-4,10-11H2,1H3. The molecule has 0 heterocycles. The number of halogens is 1. The second-order valence-electron chi connectivity index (χ2n) is 2.89. The lowest BCUT2D eigenvalue weighted by atomic mass is 10.4. The Balaban J connectivity index is 3.94. The first-order chi connectivity index (χ1) is 7.01. The Morgan fingerprint density at radius 1 is 1.33 bits per heavy atom. The number of rotatable bonds is 5. The minimum absolute atomic E-state index is 0.105. The van der Waals surface area contributed by atoms with Crippen LogP contribution in [-0.4, -0.2) is 36.7 Å². The summed E-state index contributed by atoms with van der Waals surface area (Å²) in [4.78, 5) is 22.0. The van der Waals surface area contributed by atoms with E-state index in [2.05, 4.69) is 9.47 Å². The van der Waals surface area contributed by atoms with Gasteiger partial charge < -0.3 is 15.2 Å². The number of carbonyl (C=O) groups is 2. The van der Waals surface area contributed by atoms with E-state index < -0.39 is 24.3 Å². The SMILES string of the molecule is CC(CCl)OC(=O)C(=O)OC(N)CCN. The summed E-state index contributed by atoms with van der Waals surface area (Å²) < 4.78 is 9.15. The molecule has 0 spiro atoms. The van der Waals surface area contributed by atoms with Crippen LogP contribution in [-0.2, 0) is 19.1 Å². The minimum Gasteiger partial charge on any atom is -0.453 e. The van der Waals surface area contributed by atoms with Crippen molar-refractivity contribution in [3.8, 4) is 0 Å². The Morgan fingerprint density at radius 2 is 1.87 bits per heavy atom. The summed E-state index contributed by atoms with van der Waals surface area (Å²) in [7, 11) is 0. The topological polar surface area (TPSA) is 105 Å². The number of hydrogen-bond acceptors (Lipinski definition) is 6. The molecule has 0 radical (unpaired) electrons. The van der Waals surface area contributed by atoms with Gasteiger partial charge in [0, 0.05) is 6.42 Å². The van der Waals surface area contributed by atoms with Crippen LogP contribution in [0.2, 0.25) is 0 Å². The summed E-state index contributed by atoms with van der Waals surface area (Å²) in [5, 5.41) is 0. The van der Waals surface area contributed by atoms with Gasteiger partial charge >= 0.3 is 11.9 Å². The normalized spacial score (nSPS) is 14.1. The summed E-state index contributed by atoms with van der Waals surface area (Å²) in [5.74, 6) is -2.13. The predicted octanol–water partition coefficient (Wildman–Crippen LogP) is -0.666. The highest BCUT2D eigenvalue weighted by atomic mass is 35.5. The van der Waals surface area contributed by atoms with Crippen molar-refractivity contribution in [1.29, 1.82) is 0 Å². The molecule has 0 amide bonds. The maximum atomic E-state index is 11.0. The van der Waals surface area contributed by atoms with Crippen LogP contribution in [0.15, 0.2) is 0 Å². The van der Waals surface area contributed by atoms with Crippen LogP contribution in [0.1, 0.15) is 13.3 Å². The lowest BCUT2D eigenvalue weighted by Gasteiger charge is -2.13. The molecule has 0 aromatic carbocycles. The van der Waals surface area contributed by atoms with E-state index in [0.29, 0.717) is 0 Å². The fourth-order valence-electron chi connectivity index (χ4n) is 0.671. The molecule has 0 aromatic rings. The summed E-state index contributed by atoms with van der Waals surface area (Å²) in [6.45, 7) is 1.82. The number of ether oxygens (including phenoxy) is 2. The number of nitrogens with two attached hydrogens (primary N) is 2. The summed E-state index contributed by atoms with van der Waals surface area (Å²) in [5.41, 5.74) is 10.5. The molecule has 0 aromatic heterocycles. The summed E-state index contributed by atoms with van der Waals surface area (Å²) in [6.07, 6.45) is -1.15. The van der Waals surface area contributed by atoms with E-state index in [0.717, 1.165) is 0 Å². The van der Waals surface area contributed by atoms with E-state index in [4.69, 9.17) is 23.1 Å². The minimum atomic E-state index is -1.13. The van der Waals surface area contributed by atoms with Crippen LogP contribution in [0, 0.1) is 0 Å². The molecule has 7 heteroatoms. The Bertz CT molecular complexity index is 225. The number of carbonyl (C=O) groups excluding carboxylic acids is 2. The zero-order chi connectivity index (χ0) is 11.8. The fraction of sp³-hybridized carbons (Fsp3) is 0.750. The molecule has 15 heavy (non-hydrogen) atoms. The molecule has 0 rings (SSSR count). The van der Waals surface area contributed by atoms with Gasteiger partial charge in [-0.2, -0.15) is 0 Å². The number of esters is 2. The third-order valence-electron chi connectivity index (χ3n) is 1.40. The van der Waals surface area contributed by atoms with Crippen molar-refractivity contribution in [1.82, 2.24) is 0 Å². The predicted molar refractivity (Wildman–Crippen MR) is 54.0 cm³/mol. The van der Waals surface area contributed by atoms with Crippen molar-refractivity contribution < 1.29 is 19.1 Å². The highest BCUT2D eigenvalue weighted by molar-refractivity contribution is 6.29. The fourth-order valence-corrected chi connectivity index (χ4v) is 0.734. The van der Waals surface area contributed by atoms with Gasteiger partial charge in [-0.05, 0) is 13.5 Å². The maximum Gasteiger partial charge on any atom is 0.419 e. The Labute approximate surface area is 92.8 Å². The first kappa shape index (κ1) is 14.2. The van der Waals surface area contributed by atoms with E-state index in [9.17, 15) is 9.59 Å². The van der Waals surface area contributed by atoms with Crippen LogP contribution in [0.5, 0.6) is 0 Å². The molecule has 2 atom stereocenters. The van der Waals surface area contributed by atoms with Crippen molar-refractivity contribution in [2.75, 3.05) is 12.4 Å². The molecule has 0 aliphatic carbocycles. The molecule has 6 nitrogen and oxygen atoms in total. The molecule has 0 fully saturated rings. The van der Waals surface area contributed by atoms with Crippen LogP contribution in [0.3, 0.4) is 0 Å². The van der Waals surface area contributed by atoms with E-state index in [-0.39, 0.29) is 18.8 Å². The van der Waals surface area contributed by atoms with Crippen LogP contribution < -0.4 is 11.5 Å². The molecule has 0 saturated carbocycles. The van der Waals surface area contributed by atoms with Gasteiger partial charge in [0.15, 0.2) is 6.23 Å². The van der Waals surface area contributed by atoms with Gasteiger partial charge in [0.05, 0.1) is 5.88 Å². The van der Waals surface area contributed by atoms with Gasteiger partial charge in [0.2, 0.25) is 0 Å². The zero-order valence-electron chi connectivity index (χ0n) is 8.44. The lowest BCUT2D eigenvalue weighted by Crippen LogP contribution is -2.34. The molecular formula is C8H15ClN2O4. The zero-order valence-corrected chi connectivity index (χ0v) is 9.20. The van der Waals surface area contributed by atoms with Gasteiger partial charge in [-0.3, -0.25) is 5.73 Å². The van der Waals surface area contributed by atoms with E-state index in [1.807, 2.05) is 0 Å². The number of hydrogen-bond donors (Lipinski definition) is 2. The monoisotopic (exact) mass is 238 g/mol. The second-order valence-corrected chi connectivity index (χ2v) is 3.20. The second kappa shape index (κ2) is 7.44. The van der Waals surface area contributed by atoms with Crippen molar-refractivity contribution >= 4 is 23.5 Å². The van der Waals surface area contributed by atoms with Gasteiger partial charge in [-0.25, -0.2) is 9.59 Å². The van der Waals surface area contributed by atoms with Crippen molar-refractivity contribution in [2.24, 2.45) is 11.5 Å². The van der Waals surface area contributed by atoms with E-state index in [1.54, 1.807) is 6.92 Å². The molecule has 0 aliphatic heterocycles. The smallest absolute Gasteiger partial charge is 0.419 e. The third kappa shape index (κ3) is 6.27. The summed E-state index contributed by atoms with van der Waals surface area (Å²) >= 11 is 5.39. The van der Waals surface area contributed by atoms with Crippen LogP contribution in [0.25, 0.3) is 0 Å². The van der Waals surface area contributed by atoms with Crippen LogP contribution in [0.4, 0.5) is 0 Å². The largest absolute Gasteiger partial charge is 0.453 e. The van der Waals surface area contributed by atoms with Crippen molar-refractivity contribution in [3.63, 3.8) is 0 Å². The van der Waals surface area contributed by atoms with Crippen LogP contribution >= 0.6 is 11.6 Å². The van der Waals surface area contributed by atoms with Gasteiger partial charge in [-0.15, -0.1) is 11.6 Å². The molecule has 0 aliphatic rings. The Kier molecular flexibility index (Phi) is 7.02. The van der Waals surface area contributed by atoms with Crippen molar-refractivity contribution in [3.05, 3.63) is 0 Å². The van der Waals surface area contributed by atoms with E-state index in [1.165, 1.54) is 0 Å². The van der Waals surface area contributed by atoms with Gasteiger partial charge in [-0.1, -0.05) is 0 Å². The number of alkyl halides is 1. The highest BCUT2D eigenvalue weighted by Crippen LogP contribution is 1.97. The van der Waals surface area contributed by atoms with Gasteiger partial charge in [0.1, 0.15) is 6.10 Å². The molecule has 0 bridgehead atoms. The average molecular weight is 239 g/mol. The molecule has 2 unspecified atom stereocenters. The third-order valence-corrected chi connectivity index (χ3v) is 1.84. The quantitative estimate of drug-likeness (QED) is 0.285. The molecule has 4 N–H and O–H groups in total. The van der Waals surface area contributed by atoms with Gasteiger partial charge in [0.25, 0.3) is 0 Å². The molecule has 88 valence electrons. The summed E-state index contributed by atoms with van der Waals surface area (Å²) in [6, 6.07) is 0. The first-order valence-corrected chi connectivity index (χ1v) is 4.98. The maximum absolute atomic E-state index is 11.0. The molecule has 0 saturated heterocycles. The van der Waals surface area contributed by atoms with E-state index >= 15 is 0 Å². The van der Waals surface area contributed by atoms with Crippen molar-refractivity contribution in [2.45, 2.75) is 25.7 Å². The highest BCUT2D eigenvalue weighted by Gasteiger charge is 2.22. The molecular weight excluding hydrogens is 224 g/mol. The first-order valence-electron chi connectivity index (χ1n) is 4.44. The Morgan fingerprint density at radius 3 is 2.33 bits per heavy atom. The average Bonchev–Trinajstić information content (AvgIpc) is 2.17.